The molecule has 0 fully saturated rings. The van der Waals surface area contributed by atoms with Gasteiger partial charge in [-0.3, -0.25) is 0 Å². The first-order valence-corrected chi connectivity index (χ1v) is 10.0. The molecular formula is C25H20ClNO4. The monoisotopic (exact) mass is 433 g/mol. The molecule has 0 spiro atoms. The van der Waals surface area contributed by atoms with Crippen LogP contribution in [0.1, 0.15) is 22.3 Å². The summed E-state index contributed by atoms with van der Waals surface area (Å²) in [6, 6.07) is 20.7. The summed E-state index contributed by atoms with van der Waals surface area (Å²) in [5.41, 5.74) is 3.84. The highest BCUT2D eigenvalue weighted by molar-refractivity contribution is 6.31. The second-order valence-electron chi connectivity index (χ2n) is 7.02. The lowest BCUT2D eigenvalue weighted by atomic mass is 10.1. The van der Waals surface area contributed by atoms with E-state index in [-0.39, 0.29) is 11.6 Å². The molecule has 0 N–H and O–H groups in total. The number of carbonyl (C=O) groups excluding carboxylic acids is 1. The van der Waals surface area contributed by atoms with Crippen LogP contribution in [0, 0.1) is 6.92 Å². The maximum absolute atomic E-state index is 12.3. The number of aryl methyl sites for hydroxylation is 1. The van der Waals surface area contributed by atoms with E-state index in [0.29, 0.717) is 22.9 Å². The third kappa shape index (κ3) is 4.95. The van der Waals surface area contributed by atoms with Crippen molar-refractivity contribution in [2.24, 2.45) is 4.99 Å². The fourth-order valence-corrected chi connectivity index (χ4v) is 3.21. The van der Waals surface area contributed by atoms with Crippen LogP contribution in [0.2, 0.25) is 5.02 Å². The number of carbonyl (C=O) groups is 1. The molecule has 0 bridgehead atoms. The minimum absolute atomic E-state index is 0.161. The third-order valence-corrected chi connectivity index (χ3v) is 4.96. The van der Waals surface area contributed by atoms with Crippen molar-refractivity contribution in [3.05, 3.63) is 99.7 Å². The van der Waals surface area contributed by atoms with E-state index in [2.05, 4.69) is 24.0 Å². The molecule has 0 unspecified atom stereocenters. The van der Waals surface area contributed by atoms with Gasteiger partial charge in [0.2, 0.25) is 5.90 Å². The van der Waals surface area contributed by atoms with E-state index in [9.17, 15) is 4.79 Å². The molecular weight excluding hydrogens is 414 g/mol. The van der Waals surface area contributed by atoms with Gasteiger partial charge in [0.15, 0.2) is 5.70 Å². The average molecular weight is 434 g/mol. The van der Waals surface area contributed by atoms with Gasteiger partial charge in [0.25, 0.3) is 0 Å². The normalized spacial score (nSPS) is 14.4. The number of cyclic esters (lactones) is 1. The van der Waals surface area contributed by atoms with Crippen molar-refractivity contribution in [2.75, 3.05) is 7.11 Å². The minimum atomic E-state index is -0.531. The van der Waals surface area contributed by atoms with Gasteiger partial charge in [0, 0.05) is 5.02 Å². The van der Waals surface area contributed by atoms with Gasteiger partial charge in [-0.1, -0.05) is 53.6 Å². The Morgan fingerprint density at radius 1 is 1.03 bits per heavy atom. The van der Waals surface area contributed by atoms with Gasteiger partial charge >= 0.3 is 5.97 Å². The van der Waals surface area contributed by atoms with Crippen LogP contribution in [-0.4, -0.2) is 19.0 Å². The van der Waals surface area contributed by atoms with Gasteiger partial charge in [-0.25, -0.2) is 9.79 Å². The number of esters is 1. The summed E-state index contributed by atoms with van der Waals surface area (Å²) in [6.07, 6.45) is 1.66. The summed E-state index contributed by atoms with van der Waals surface area (Å²) in [5.74, 6) is 0.891. The fraction of sp³-hybridized carbons (Fsp3) is 0.120. The zero-order chi connectivity index (χ0) is 21.8. The lowest BCUT2D eigenvalue weighted by Gasteiger charge is -2.07. The van der Waals surface area contributed by atoms with Crippen molar-refractivity contribution in [3.8, 4) is 11.5 Å². The van der Waals surface area contributed by atoms with Crippen molar-refractivity contribution >= 4 is 29.5 Å². The molecule has 5 nitrogen and oxygen atoms in total. The molecule has 0 aliphatic carbocycles. The summed E-state index contributed by atoms with van der Waals surface area (Å²) in [7, 11) is 1.53. The van der Waals surface area contributed by atoms with E-state index >= 15 is 0 Å². The summed E-state index contributed by atoms with van der Waals surface area (Å²) < 4.78 is 16.5. The number of nitrogens with zero attached hydrogens (tertiary/aromatic N) is 1. The standard InChI is InChI=1S/C25H20ClNO4/c1-16-3-5-18(6-4-16)15-30-20-10-7-17(8-11-20)13-22-25(28)31-24(27-22)21-14-19(26)9-12-23(21)29-2/h3-14H,15H2,1-2H3/b22-13-. The van der Waals surface area contributed by atoms with Gasteiger partial charge in [-0.15, -0.1) is 0 Å². The zero-order valence-corrected chi connectivity index (χ0v) is 17.8. The Kier molecular flexibility index (Phi) is 6.05. The molecule has 0 radical (unpaired) electrons. The Morgan fingerprint density at radius 3 is 2.48 bits per heavy atom. The van der Waals surface area contributed by atoms with Gasteiger partial charge in [-0.2, -0.15) is 0 Å². The van der Waals surface area contributed by atoms with Gasteiger partial charge in [-0.05, 0) is 54.5 Å². The van der Waals surface area contributed by atoms with E-state index in [1.165, 1.54) is 12.7 Å². The first-order chi connectivity index (χ1) is 15.0. The largest absolute Gasteiger partial charge is 0.496 e. The molecule has 1 aliphatic rings. The van der Waals surface area contributed by atoms with Crippen molar-refractivity contribution in [1.82, 2.24) is 0 Å². The molecule has 3 aromatic rings. The molecule has 156 valence electrons. The van der Waals surface area contributed by atoms with Crippen LogP contribution >= 0.6 is 11.6 Å². The summed E-state index contributed by atoms with van der Waals surface area (Å²) >= 11 is 6.06. The lowest BCUT2D eigenvalue weighted by Crippen LogP contribution is -2.07. The van der Waals surface area contributed by atoms with Gasteiger partial charge in [0.1, 0.15) is 18.1 Å². The number of aliphatic imine (C=N–C) groups is 1. The Labute approximate surface area is 185 Å². The van der Waals surface area contributed by atoms with E-state index < -0.39 is 5.97 Å². The molecule has 1 heterocycles. The summed E-state index contributed by atoms with van der Waals surface area (Å²) in [6.45, 7) is 2.54. The van der Waals surface area contributed by atoms with Crippen molar-refractivity contribution < 1.29 is 19.0 Å². The van der Waals surface area contributed by atoms with Gasteiger partial charge in [0.05, 0.1) is 12.7 Å². The molecule has 1 aliphatic heterocycles. The molecule has 3 aromatic carbocycles. The zero-order valence-electron chi connectivity index (χ0n) is 17.1. The van der Waals surface area contributed by atoms with Crippen LogP contribution in [0.3, 0.4) is 0 Å². The van der Waals surface area contributed by atoms with E-state index in [4.69, 9.17) is 25.8 Å². The number of ether oxygens (including phenoxy) is 3. The van der Waals surface area contributed by atoms with Gasteiger partial charge < -0.3 is 14.2 Å². The number of benzene rings is 3. The van der Waals surface area contributed by atoms with Crippen LogP contribution < -0.4 is 9.47 Å². The predicted molar refractivity (Wildman–Crippen MR) is 121 cm³/mol. The van der Waals surface area contributed by atoms with Crippen LogP contribution in [-0.2, 0) is 16.1 Å². The van der Waals surface area contributed by atoms with E-state index in [0.717, 1.165) is 16.9 Å². The number of methoxy groups -OCH3 is 1. The third-order valence-electron chi connectivity index (χ3n) is 4.72. The summed E-state index contributed by atoms with van der Waals surface area (Å²) in [5, 5.41) is 0.494. The van der Waals surface area contributed by atoms with Crippen LogP contribution in [0.15, 0.2) is 77.4 Å². The second kappa shape index (κ2) is 9.06. The number of hydrogen-bond donors (Lipinski definition) is 0. The summed E-state index contributed by atoms with van der Waals surface area (Å²) in [4.78, 5) is 16.6. The topological polar surface area (TPSA) is 57.1 Å². The predicted octanol–water partition coefficient (Wildman–Crippen LogP) is 5.58. The Morgan fingerprint density at radius 2 is 1.77 bits per heavy atom. The number of hydrogen-bond acceptors (Lipinski definition) is 5. The minimum Gasteiger partial charge on any atom is -0.496 e. The Bertz CT molecular complexity index is 1170. The Hall–Kier alpha value is -3.57. The van der Waals surface area contributed by atoms with E-state index in [1.807, 2.05) is 36.4 Å². The van der Waals surface area contributed by atoms with E-state index in [1.54, 1.807) is 24.3 Å². The van der Waals surface area contributed by atoms with Crippen molar-refractivity contribution in [1.29, 1.82) is 0 Å². The highest BCUT2D eigenvalue weighted by atomic mass is 35.5. The van der Waals surface area contributed by atoms with Crippen LogP contribution in [0.4, 0.5) is 0 Å². The highest BCUT2D eigenvalue weighted by Crippen LogP contribution is 2.28. The smallest absolute Gasteiger partial charge is 0.363 e. The lowest BCUT2D eigenvalue weighted by molar-refractivity contribution is -0.129. The molecule has 0 saturated carbocycles. The first kappa shape index (κ1) is 20.7. The van der Waals surface area contributed by atoms with Crippen molar-refractivity contribution in [2.45, 2.75) is 13.5 Å². The maximum Gasteiger partial charge on any atom is 0.363 e. The molecule has 31 heavy (non-hydrogen) atoms. The quantitative estimate of drug-likeness (QED) is 0.376. The molecule has 0 aromatic heterocycles. The second-order valence-corrected chi connectivity index (χ2v) is 7.46. The van der Waals surface area contributed by atoms with Crippen molar-refractivity contribution in [3.63, 3.8) is 0 Å². The van der Waals surface area contributed by atoms with Crippen LogP contribution in [0.25, 0.3) is 6.08 Å². The average Bonchev–Trinajstić information content (AvgIpc) is 3.14. The first-order valence-electron chi connectivity index (χ1n) is 9.67. The molecule has 0 atom stereocenters. The highest BCUT2D eigenvalue weighted by Gasteiger charge is 2.26. The number of halogens is 1. The Balaban J connectivity index is 1.48. The fourth-order valence-electron chi connectivity index (χ4n) is 3.04. The SMILES string of the molecule is COc1ccc(Cl)cc1C1=N/C(=C\c2ccc(OCc3ccc(C)cc3)cc2)C(=O)O1. The molecule has 6 heteroatoms. The molecule has 0 saturated heterocycles. The van der Waals surface area contributed by atoms with Crippen LogP contribution in [0.5, 0.6) is 11.5 Å². The molecule has 0 amide bonds. The number of rotatable bonds is 6. The molecule has 4 rings (SSSR count). The maximum atomic E-state index is 12.3.